The predicted octanol–water partition coefficient (Wildman–Crippen LogP) is 2.16. The van der Waals surface area contributed by atoms with Crippen LogP contribution in [0.4, 0.5) is 0 Å². The van der Waals surface area contributed by atoms with E-state index in [2.05, 4.69) is 0 Å². The standard InChI is InChI=1S/C9H10O3/c1-5-4-7(9(10)11)8(12-5)6-2-3-6/h4,6H,2-3H2,1H3,(H,10,11). The molecule has 1 fully saturated rings. The van der Waals surface area contributed by atoms with Crippen LogP contribution in [0.1, 0.15) is 40.6 Å². The smallest absolute Gasteiger partial charge is 0.339 e. The second-order valence-corrected chi connectivity index (χ2v) is 3.21. The van der Waals surface area contributed by atoms with Crippen molar-refractivity contribution in [1.29, 1.82) is 0 Å². The third-order valence-corrected chi connectivity index (χ3v) is 2.06. The average molecular weight is 166 g/mol. The lowest BCUT2D eigenvalue weighted by molar-refractivity contribution is 0.0694. The minimum Gasteiger partial charge on any atom is -0.478 e. The van der Waals surface area contributed by atoms with Gasteiger partial charge in [-0.3, -0.25) is 0 Å². The van der Waals surface area contributed by atoms with Gasteiger partial charge in [0.2, 0.25) is 0 Å². The molecule has 1 heterocycles. The quantitative estimate of drug-likeness (QED) is 0.732. The molecule has 3 heteroatoms. The molecule has 0 bridgehead atoms. The molecule has 12 heavy (non-hydrogen) atoms. The average Bonchev–Trinajstić information content (AvgIpc) is 2.75. The van der Waals surface area contributed by atoms with Gasteiger partial charge in [0.05, 0.1) is 0 Å². The van der Waals surface area contributed by atoms with Gasteiger partial charge in [-0.1, -0.05) is 0 Å². The summed E-state index contributed by atoms with van der Waals surface area (Å²) in [6.45, 7) is 1.78. The monoisotopic (exact) mass is 166 g/mol. The van der Waals surface area contributed by atoms with Gasteiger partial charge in [-0.2, -0.15) is 0 Å². The summed E-state index contributed by atoms with van der Waals surface area (Å²) in [6.07, 6.45) is 2.13. The van der Waals surface area contributed by atoms with E-state index >= 15 is 0 Å². The molecule has 1 saturated carbocycles. The van der Waals surface area contributed by atoms with Crippen molar-refractivity contribution in [2.24, 2.45) is 0 Å². The van der Waals surface area contributed by atoms with Crippen molar-refractivity contribution in [3.05, 3.63) is 23.2 Å². The largest absolute Gasteiger partial charge is 0.478 e. The number of aromatic carboxylic acids is 1. The highest BCUT2D eigenvalue weighted by molar-refractivity contribution is 5.89. The molecule has 3 nitrogen and oxygen atoms in total. The Kier molecular flexibility index (Phi) is 1.46. The summed E-state index contributed by atoms with van der Waals surface area (Å²) in [4.78, 5) is 10.7. The van der Waals surface area contributed by atoms with Gasteiger partial charge in [0, 0.05) is 5.92 Å². The molecule has 0 spiro atoms. The maximum atomic E-state index is 10.7. The molecule has 1 aliphatic rings. The van der Waals surface area contributed by atoms with Gasteiger partial charge in [-0.15, -0.1) is 0 Å². The molecule has 0 aliphatic heterocycles. The minimum absolute atomic E-state index is 0.343. The van der Waals surface area contributed by atoms with Crippen molar-refractivity contribution in [3.8, 4) is 0 Å². The molecular weight excluding hydrogens is 156 g/mol. The molecule has 0 saturated heterocycles. The van der Waals surface area contributed by atoms with Crippen LogP contribution in [0.15, 0.2) is 10.5 Å². The highest BCUT2D eigenvalue weighted by Crippen LogP contribution is 2.42. The molecule has 0 amide bonds. The highest BCUT2D eigenvalue weighted by atomic mass is 16.4. The zero-order chi connectivity index (χ0) is 8.72. The highest BCUT2D eigenvalue weighted by Gasteiger charge is 2.31. The third kappa shape index (κ3) is 1.11. The number of carboxylic acid groups (broad SMARTS) is 1. The molecule has 0 radical (unpaired) electrons. The van der Waals surface area contributed by atoms with E-state index < -0.39 is 5.97 Å². The van der Waals surface area contributed by atoms with Gasteiger partial charge >= 0.3 is 5.97 Å². The van der Waals surface area contributed by atoms with Crippen LogP contribution in [0.2, 0.25) is 0 Å². The molecule has 0 aromatic carbocycles. The van der Waals surface area contributed by atoms with E-state index in [4.69, 9.17) is 9.52 Å². The van der Waals surface area contributed by atoms with Crippen LogP contribution >= 0.6 is 0 Å². The van der Waals surface area contributed by atoms with Crippen molar-refractivity contribution in [2.75, 3.05) is 0 Å². The lowest BCUT2D eigenvalue weighted by Gasteiger charge is -1.92. The van der Waals surface area contributed by atoms with Crippen LogP contribution in [-0.4, -0.2) is 11.1 Å². The van der Waals surface area contributed by atoms with Crippen LogP contribution in [0.5, 0.6) is 0 Å². The number of hydrogen-bond donors (Lipinski definition) is 1. The summed E-state index contributed by atoms with van der Waals surface area (Å²) in [5.41, 5.74) is 0.343. The van der Waals surface area contributed by atoms with Gasteiger partial charge in [0.15, 0.2) is 0 Å². The molecule has 64 valence electrons. The number of carboxylic acids is 1. The Morgan fingerprint density at radius 1 is 1.67 bits per heavy atom. The summed E-state index contributed by atoms with van der Waals surface area (Å²) in [7, 11) is 0. The van der Waals surface area contributed by atoms with Crippen LogP contribution < -0.4 is 0 Å². The fourth-order valence-electron chi connectivity index (χ4n) is 1.35. The fourth-order valence-corrected chi connectivity index (χ4v) is 1.35. The van der Waals surface area contributed by atoms with Crippen LogP contribution in [0.25, 0.3) is 0 Å². The Bertz CT molecular complexity index is 321. The summed E-state index contributed by atoms with van der Waals surface area (Å²) in [5, 5.41) is 8.80. The van der Waals surface area contributed by atoms with E-state index in [1.165, 1.54) is 0 Å². The van der Waals surface area contributed by atoms with E-state index in [0.29, 0.717) is 23.0 Å². The first-order chi connectivity index (χ1) is 5.68. The number of hydrogen-bond acceptors (Lipinski definition) is 2. The number of furan rings is 1. The zero-order valence-electron chi connectivity index (χ0n) is 6.83. The zero-order valence-corrected chi connectivity index (χ0v) is 6.83. The number of rotatable bonds is 2. The van der Waals surface area contributed by atoms with Gasteiger partial charge in [0.25, 0.3) is 0 Å². The van der Waals surface area contributed by atoms with E-state index in [1.807, 2.05) is 0 Å². The summed E-state index contributed by atoms with van der Waals surface area (Å²) < 4.78 is 5.32. The second kappa shape index (κ2) is 2.37. The maximum Gasteiger partial charge on any atom is 0.339 e. The summed E-state index contributed by atoms with van der Waals surface area (Å²) >= 11 is 0. The molecule has 2 rings (SSSR count). The lowest BCUT2D eigenvalue weighted by Crippen LogP contribution is -1.97. The van der Waals surface area contributed by atoms with Crippen molar-refractivity contribution < 1.29 is 14.3 Å². The summed E-state index contributed by atoms with van der Waals surface area (Å²) in [6, 6.07) is 1.59. The van der Waals surface area contributed by atoms with Gasteiger partial charge in [-0.05, 0) is 25.8 Å². The Morgan fingerprint density at radius 3 is 2.83 bits per heavy atom. The van der Waals surface area contributed by atoms with Crippen molar-refractivity contribution in [2.45, 2.75) is 25.7 Å². The lowest BCUT2D eigenvalue weighted by atomic mass is 10.2. The second-order valence-electron chi connectivity index (χ2n) is 3.21. The Hall–Kier alpha value is -1.25. The number of carbonyl (C=O) groups is 1. The topological polar surface area (TPSA) is 50.4 Å². The normalized spacial score (nSPS) is 16.4. The van der Waals surface area contributed by atoms with Gasteiger partial charge < -0.3 is 9.52 Å². The van der Waals surface area contributed by atoms with Crippen molar-refractivity contribution in [1.82, 2.24) is 0 Å². The van der Waals surface area contributed by atoms with Crippen molar-refractivity contribution >= 4 is 5.97 Å². The van der Waals surface area contributed by atoms with Crippen LogP contribution in [0, 0.1) is 6.92 Å². The Morgan fingerprint density at radius 2 is 2.33 bits per heavy atom. The molecule has 1 N–H and O–H groups in total. The van der Waals surface area contributed by atoms with Crippen molar-refractivity contribution in [3.63, 3.8) is 0 Å². The van der Waals surface area contributed by atoms with Gasteiger partial charge in [-0.25, -0.2) is 4.79 Å². The molecule has 0 unspecified atom stereocenters. The fraction of sp³-hybridized carbons (Fsp3) is 0.444. The minimum atomic E-state index is -0.881. The van der Waals surface area contributed by atoms with Gasteiger partial charge in [0.1, 0.15) is 17.1 Å². The number of aryl methyl sites for hydroxylation is 1. The maximum absolute atomic E-state index is 10.7. The molecule has 1 aromatic heterocycles. The SMILES string of the molecule is Cc1cc(C(=O)O)c(C2CC2)o1. The first-order valence-electron chi connectivity index (χ1n) is 4.02. The van der Waals surface area contributed by atoms with E-state index in [0.717, 1.165) is 12.8 Å². The van der Waals surface area contributed by atoms with E-state index in [9.17, 15) is 4.79 Å². The van der Waals surface area contributed by atoms with Crippen LogP contribution in [-0.2, 0) is 0 Å². The Labute approximate surface area is 70.0 Å². The molecule has 1 aliphatic carbocycles. The van der Waals surface area contributed by atoms with E-state index in [1.54, 1.807) is 13.0 Å². The molecular formula is C9H10O3. The molecule has 1 aromatic rings. The summed E-state index contributed by atoms with van der Waals surface area (Å²) in [5.74, 6) is 0.841. The first-order valence-corrected chi connectivity index (χ1v) is 4.02. The predicted molar refractivity (Wildman–Crippen MR) is 42.4 cm³/mol. The third-order valence-electron chi connectivity index (χ3n) is 2.06. The Balaban J connectivity index is 2.43. The van der Waals surface area contributed by atoms with Crippen LogP contribution in [0.3, 0.4) is 0 Å². The molecule has 0 atom stereocenters. The first kappa shape index (κ1) is 7.40. The van der Waals surface area contributed by atoms with E-state index in [-0.39, 0.29) is 0 Å².